The Balaban J connectivity index is 2.96. The highest BCUT2D eigenvalue weighted by Crippen LogP contribution is 2.24. The fraction of sp³-hybridized carbons (Fsp3) is 0.143. The lowest BCUT2D eigenvalue weighted by atomic mass is 10.3. The molecule has 0 bridgehead atoms. The number of hydrogen-bond donors (Lipinski definition) is 0. The van der Waals surface area contributed by atoms with Crippen LogP contribution in [0.1, 0.15) is 0 Å². The molecule has 0 spiro atoms. The Hall–Kier alpha value is -0.963. The van der Waals surface area contributed by atoms with E-state index < -0.39 is 0 Å². The van der Waals surface area contributed by atoms with E-state index in [0.717, 1.165) is 11.5 Å². The normalized spacial score (nSPS) is 9.30. The van der Waals surface area contributed by atoms with Crippen LogP contribution in [0.25, 0.3) is 0 Å². The second-order valence-electron chi connectivity index (χ2n) is 1.85. The van der Waals surface area contributed by atoms with Crippen molar-refractivity contribution in [1.29, 1.82) is 0 Å². The van der Waals surface area contributed by atoms with Crippen molar-refractivity contribution in [1.82, 2.24) is 0 Å². The molecule has 0 aliphatic carbocycles. The van der Waals surface area contributed by atoms with Gasteiger partial charge in [0.05, 0.1) is 7.11 Å². The van der Waals surface area contributed by atoms with Crippen LogP contribution in [0.3, 0.4) is 0 Å². The van der Waals surface area contributed by atoms with Gasteiger partial charge in [-0.25, -0.2) is 0 Å². The molecule has 0 radical (unpaired) electrons. The molecule has 0 atom stereocenters. The molecule has 0 aliphatic heterocycles. The van der Waals surface area contributed by atoms with Gasteiger partial charge in [-0.15, -0.1) is 0 Å². The number of ether oxygens (including phenoxy) is 1. The van der Waals surface area contributed by atoms with Gasteiger partial charge in [0.1, 0.15) is 5.75 Å². The molecule has 0 aromatic heterocycles. The number of para-hydroxylation sites is 2. The van der Waals surface area contributed by atoms with E-state index in [1.807, 2.05) is 24.3 Å². The van der Waals surface area contributed by atoms with Crippen molar-refractivity contribution in [2.45, 2.75) is 0 Å². The zero-order chi connectivity index (χ0) is 7.40. The first-order valence-corrected chi connectivity index (χ1v) is 3.87. The highest BCUT2D eigenvalue weighted by atomic mass is 28.2. The maximum absolute atomic E-state index is 5.15. The Bertz CT molecular complexity index is 190. The van der Waals surface area contributed by atoms with E-state index >= 15 is 0 Å². The van der Waals surface area contributed by atoms with Crippen LogP contribution >= 0.6 is 0 Å². The predicted octanol–water partition coefficient (Wildman–Crippen LogP) is 0.354. The van der Waals surface area contributed by atoms with E-state index in [-0.39, 0.29) is 0 Å². The zero-order valence-electron chi connectivity index (χ0n) is 6.13. The minimum Gasteiger partial charge on any atom is -0.551 e. The third kappa shape index (κ3) is 1.30. The summed E-state index contributed by atoms with van der Waals surface area (Å²) in [4.78, 5) is 0. The number of methoxy groups -OCH3 is 1. The van der Waals surface area contributed by atoms with Crippen LogP contribution in [0.4, 0.5) is 0 Å². The highest BCUT2D eigenvalue weighted by Gasteiger charge is 1.96. The number of benzene rings is 1. The molecule has 0 saturated carbocycles. The Morgan fingerprint density at radius 2 is 1.80 bits per heavy atom. The smallest absolute Gasteiger partial charge is 0.204 e. The summed E-state index contributed by atoms with van der Waals surface area (Å²) >= 11 is 0. The van der Waals surface area contributed by atoms with Gasteiger partial charge in [0.25, 0.3) is 0 Å². The second-order valence-corrected chi connectivity index (χ2v) is 2.26. The molecule has 0 heterocycles. The van der Waals surface area contributed by atoms with Gasteiger partial charge in [-0.2, -0.15) is 0 Å². The zero-order valence-corrected chi connectivity index (χ0v) is 8.13. The third-order valence-electron chi connectivity index (χ3n) is 1.29. The van der Waals surface area contributed by atoms with Crippen molar-refractivity contribution in [2.24, 2.45) is 0 Å². The lowest BCUT2D eigenvalue weighted by Crippen LogP contribution is -1.89. The summed E-state index contributed by atoms with van der Waals surface area (Å²) in [7, 11) is 2.34. The Labute approximate surface area is 63.3 Å². The molecular formula is C7H10O2Si. The Kier molecular flexibility index (Phi) is 2.34. The van der Waals surface area contributed by atoms with Crippen molar-refractivity contribution in [3.63, 3.8) is 0 Å². The van der Waals surface area contributed by atoms with Crippen molar-refractivity contribution in [2.75, 3.05) is 7.11 Å². The summed E-state index contributed by atoms with van der Waals surface area (Å²) in [6.45, 7) is 0. The van der Waals surface area contributed by atoms with Gasteiger partial charge in [0.2, 0.25) is 10.5 Å². The van der Waals surface area contributed by atoms with E-state index in [1.54, 1.807) is 7.11 Å². The average molecular weight is 154 g/mol. The van der Waals surface area contributed by atoms with Gasteiger partial charge in [0, 0.05) is 0 Å². The van der Waals surface area contributed by atoms with Gasteiger partial charge in [-0.1, -0.05) is 12.1 Å². The van der Waals surface area contributed by atoms with Crippen LogP contribution < -0.4 is 9.16 Å². The summed E-state index contributed by atoms with van der Waals surface area (Å²) < 4.78 is 10.2. The fourth-order valence-electron chi connectivity index (χ4n) is 0.787. The Morgan fingerprint density at radius 1 is 1.20 bits per heavy atom. The average Bonchev–Trinajstić information content (AvgIpc) is 2.04. The minimum absolute atomic E-state index is 0.700. The standard InChI is InChI=1S/C7H10O2Si/c1-8-6-4-2-3-5-7(6)9-10/h2-5H,1,10H3. The van der Waals surface area contributed by atoms with Gasteiger partial charge >= 0.3 is 0 Å². The Morgan fingerprint density at radius 3 is 2.20 bits per heavy atom. The molecule has 54 valence electrons. The predicted molar refractivity (Wildman–Crippen MR) is 43.6 cm³/mol. The molecular weight excluding hydrogens is 144 g/mol. The summed E-state index contributed by atoms with van der Waals surface area (Å²) in [5.41, 5.74) is 0. The van der Waals surface area contributed by atoms with E-state index in [1.165, 1.54) is 0 Å². The molecule has 3 heteroatoms. The van der Waals surface area contributed by atoms with Crippen LogP contribution in [0, 0.1) is 0 Å². The molecule has 1 aromatic carbocycles. The van der Waals surface area contributed by atoms with Crippen LogP contribution in [-0.2, 0) is 0 Å². The first-order chi connectivity index (χ1) is 4.88. The first-order valence-electron chi connectivity index (χ1n) is 3.05. The highest BCUT2D eigenvalue weighted by molar-refractivity contribution is 6.00. The summed E-state index contributed by atoms with van der Waals surface area (Å²) in [6.07, 6.45) is 0. The maximum Gasteiger partial charge on any atom is 0.204 e. The largest absolute Gasteiger partial charge is 0.551 e. The fourth-order valence-corrected chi connectivity index (χ4v) is 1.12. The van der Waals surface area contributed by atoms with Crippen LogP contribution in [0.2, 0.25) is 0 Å². The molecule has 0 fully saturated rings. The molecule has 0 unspecified atom stereocenters. The number of hydrogen-bond acceptors (Lipinski definition) is 2. The second kappa shape index (κ2) is 3.27. The monoisotopic (exact) mass is 154 g/mol. The van der Waals surface area contributed by atoms with Gasteiger partial charge in [-0.05, 0) is 12.1 Å². The van der Waals surface area contributed by atoms with Crippen LogP contribution in [0.15, 0.2) is 24.3 Å². The van der Waals surface area contributed by atoms with Crippen molar-refractivity contribution in [3.8, 4) is 11.5 Å². The van der Waals surface area contributed by atoms with Gasteiger partial charge in [0.15, 0.2) is 5.75 Å². The molecule has 0 saturated heterocycles. The van der Waals surface area contributed by atoms with E-state index in [0.29, 0.717) is 10.5 Å². The lowest BCUT2D eigenvalue weighted by molar-refractivity contribution is 0.397. The van der Waals surface area contributed by atoms with Crippen molar-refractivity contribution in [3.05, 3.63) is 24.3 Å². The summed E-state index contributed by atoms with van der Waals surface area (Å²) in [5, 5.41) is 0. The quantitative estimate of drug-likeness (QED) is 0.572. The van der Waals surface area contributed by atoms with Gasteiger partial charge < -0.3 is 9.16 Å². The van der Waals surface area contributed by atoms with E-state index in [9.17, 15) is 0 Å². The molecule has 0 aliphatic rings. The van der Waals surface area contributed by atoms with Gasteiger partial charge in [-0.3, -0.25) is 0 Å². The lowest BCUT2D eigenvalue weighted by Gasteiger charge is -2.05. The summed E-state index contributed by atoms with van der Waals surface area (Å²) in [6, 6.07) is 7.62. The van der Waals surface area contributed by atoms with E-state index in [4.69, 9.17) is 9.16 Å². The SMILES string of the molecule is COc1ccccc1O[SiH3]. The molecule has 0 amide bonds. The molecule has 10 heavy (non-hydrogen) atoms. The summed E-state index contributed by atoms with van der Waals surface area (Å²) in [5.74, 6) is 1.63. The molecule has 1 aromatic rings. The van der Waals surface area contributed by atoms with E-state index in [2.05, 4.69) is 0 Å². The number of rotatable bonds is 2. The van der Waals surface area contributed by atoms with Crippen molar-refractivity contribution < 1.29 is 9.16 Å². The topological polar surface area (TPSA) is 18.5 Å². The minimum atomic E-state index is 0.700. The van der Waals surface area contributed by atoms with Crippen LogP contribution in [-0.4, -0.2) is 17.6 Å². The molecule has 2 nitrogen and oxygen atoms in total. The third-order valence-corrected chi connectivity index (χ3v) is 1.73. The first kappa shape index (κ1) is 7.15. The molecule has 0 N–H and O–H groups in total. The van der Waals surface area contributed by atoms with Crippen molar-refractivity contribution >= 4 is 10.5 Å². The van der Waals surface area contributed by atoms with Crippen LogP contribution in [0.5, 0.6) is 11.5 Å². The molecule has 1 rings (SSSR count). The maximum atomic E-state index is 5.15.